The van der Waals surface area contributed by atoms with Crippen LogP contribution in [0.5, 0.6) is 0 Å². The van der Waals surface area contributed by atoms with E-state index in [-0.39, 0.29) is 5.78 Å². The molecule has 1 saturated carbocycles. The number of aromatic nitrogens is 1. The molecule has 1 aromatic rings. The van der Waals surface area contributed by atoms with E-state index in [4.69, 9.17) is 0 Å². The highest BCUT2D eigenvalue weighted by atomic mass is 32.1. The largest absolute Gasteiger partial charge is 0.300 e. The predicted molar refractivity (Wildman–Crippen MR) is 57.7 cm³/mol. The highest BCUT2D eigenvalue weighted by Gasteiger charge is 2.22. The standard InChI is InChI=1S/C11H15NOS/c1-8(13)5-6-10-7-14-11(12-10)9-3-2-4-9/h7,9H,2-6H2,1H3. The second-order valence-corrected chi connectivity index (χ2v) is 4.90. The molecule has 2 nitrogen and oxygen atoms in total. The Morgan fingerprint density at radius 3 is 3.00 bits per heavy atom. The Bertz CT molecular complexity index is 328. The first kappa shape index (κ1) is 9.84. The number of aryl methyl sites for hydroxylation is 1. The minimum absolute atomic E-state index is 0.253. The maximum absolute atomic E-state index is 10.8. The maximum Gasteiger partial charge on any atom is 0.130 e. The average molecular weight is 209 g/mol. The number of ketones is 1. The lowest BCUT2D eigenvalue weighted by molar-refractivity contribution is -0.116. The van der Waals surface area contributed by atoms with Gasteiger partial charge >= 0.3 is 0 Å². The molecule has 0 unspecified atom stereocenters. The van der Waals surface area contributed by atoms with Gasteiger partial charge < -0.3 is 4.79 Å². The zero-order valence-corrected chi connectivity index (χ0v) is 9.27. The minimum Gasteiger partial charge on any atom is -0.300 e. The Morgan fingerprint density at radius 2 is 2.43 bits per heavy atom. The van der Waals surface area contributed by atoms with Crippen LogP contribution in [0.1, 0.15) is 49.2 Å². The van der Waals surface area contributed by atoms with Gasteiger partial charge in [-0.25, -0.2) is 4.98 Å². The number of rotatable bonds is 4. The molecule has 3 heteroatoms. The number of nitrogens with zero attached hydrogens (tertiary/aromatic N) is 1. The van der Waals surface area contributed by atoms with E-state index < -0.39 is 0 Å². The van der Waals surface area contributed by atoms with Gasteiger partial charge in [0.2, 0.25) is 0 Å². The van der Waals surface area contributed by atoms with Gasteiger partial charge in [0.25, 0.3) is 0 Å². The van der Waals surface area contributed by atoms with Crippen LogP contribution in [0.15, 0.2) is 5.38 Å². The molecular formula is C11H15NOS. The number of thiazole rings is 1. The van der Waals surface area contributed by atoms with Crippen LogP contribution in [0.4, 0.5) is 0 Å². The van der Waals surface area contributed by atoms with E-state index >= 15 is 0 Å². The summed E-state index contributed by atoms with van der Waals surface area (Å²) in [6.45, 7) is 1.64. The van der Waals surface area contributed by atoms with Gasteiger partial charge in [-0.1, -0.05) is 6.42 Å². The summed E-state index contributed by atoms with van der Waals surface area (Å²) in [5.41, 5.74) is 1.10. The summed E-state index contributed by atoms with van der Waals surface area (Å²) in [5, 5.41) is 3.39. The molecule has 0 spiro atoms. The van der Waals surface area contributed by atoms with Crippen LogP contribution in [0.3, 0.4) is 0 Å². The van der Waals surface area contributed by atoms with Crippen LogP contribution in [0.25, 0.3) is 0 Å². The highest BCUT2D eigenvalue weighted by Crippen LogP contribution is 2.37. The SMILES string of the molecule is CC(=O)CCc1csc(C2CCC2)n1. The first-order chi connectivity index (χ1) is 6.75. The van der Waals surface area contributed by atoms with Crippen LogP contribution >= 0.6 is 11.3 Å². The third kappa shape index (κ3) is 2.21. The minimum atomic E-state index is 0.253. The molecule has 1 aromatic heterocycles. The van der Waals surface area contributed by atoms with E-state index in [0.717, 1.165) is 18.0 Å². The van der Waals surface area contributed by atoms with E-state index in [1.165, 1.54) is 24.3 Å². The Morgan fingerprint density at radius 1 is 1.64 bits per heavy atom. The zero-order chi connectivity index (χ0) is 9.97. The fourth-order valence-electron chi connectivity index (χ4n) is 1.58. The Balaban J connectivity index is 1.92. The molecule has 1 aliphatic carbocycles. The van der Waals surface area contributed by atoms with Crippen molar-refractivity contribution in [2.45, 2.75) is 44.9 Å². The first-order valence-corrected chi connectivity index (χ1v) is 6.07. The van der Waals surface area contributed by atoms with Crippen LogP contribution < -0.4 is 0 Å². The van der Waals surface area contributed by atoms with Gasteiger partial charge in [-0.2, -0.15) is 0 Å². The number of hydrogen-bond acceptors (Lipinski definition) is 3. The van der Waals surface area contributed by atoms with Gasteiger partial charge in [-0.05, 0) is 26.2 Å². The van der Waals surface area contributed by atoms with Crippen LogP contribution in [0.2, 0.25) is 0 Å². The number of carbonyl (C=O) groups excluding carboxylic acids is 1. The third-order valence-corrected chi connectivity index (χ3v) is 3.81. The summed E-state index contributed by atoms with van der Waals surface area (Å²) in [4.78, 5) is 15.4. The maximum atomic E-state index is 10.8. The summed E-state index contributed by atoms with van der Waals surface area (Å²) in [6, 6.07) is 0. The number of carbonyl (C=O) groups is 1. The Labute approximate surface area is 88.4 Å². The fourth-order valence-corrected chi connectivity index (χ4v) is 2.61. The van der Waals surface area contributed by atoms with Crippen molar-refractivity contribution in [3.05, 3.63) is 16.1 Å². The summed E-state index contributed by atoms with van der Waals surface area (Å²) in [5.74, 6) is 0.981. The van der Waals surface area contributed by atoms with Crippen LogP contribution in [-0.2, 0) is 11.2 Å². The van der Waals surface area contributed by atoms with Gasteiger partial charge in [-0.15, -0.1) is 11.3 Å². The summed E-state index contributed by atoms with van der Waals surface area (Å²) in [6.07, 6.45) is 5.42. The second-order valence-electron chi connectivity index (χ2n) is 4.01. The van der Waals surface area contributed by atoms with E-state index in [0.29, 0.717) is 6.42 Å². The quantitative estimate of drug-likeness (QED) is 0.763. The van der Waals surface area contributed by atoms with Crippen molar-refractivity contribution in [2.75, 3.05) is 0 Å². The molecule has 76 valence electrons. The molecule has 0 saturated heterocycles. The summed E-state index contributed by atoms with van der Waals surface area (Å²) in [7, 11) is 0. The molecule has 0 N–H and O–H groups in total. The fraction of sp³-hybridized carbons (Fsp3) is 0.636. The van der Waals surface area contributed by atoms with E-state index in [9.17, 15) is 4.79 Å². The lowest BCUT2D eigenvalue weighted by atomic mass is 9.86. The Kier molecular flexibility index (Phi) is 2.96. The lowest BCUT2D eigenvalue weighted by Crippen LogP contribution is -2.08. The molecule has 0 aromatic carbocycles. The zero-order valence-electron chi connectivity index (χ0n) is 8.45. The molecule has 0 aliphatic heterocycles. The van der Waals surface area contributed by atoms with Crippen LogP contribution in [-0.4, -0.2) is 10.8 Å². The highest BCUT2D eigenvalue weighted by molar-refractivity contribution is 7.09. The van der Waals surface area contributed by atoms with Crippen molar-refractivity contribution < 1.29 is 4.79 Å². The monoisotopic (exact) mass is 209 g/mol. The first-order valence-electron chi connectivity index (χ1n) is 5.19. The van der Waals surface area contributed by atoms with E-state index in [2.05, 4.69) is 10.4 Å². The van der Waals surface area contributed by atoms with Crippen molar-refractivity contribution in [1.29, 1.82) is 0 Å². The average Bonchev–Trinajstić information content (AvgIpc) is 2.46. The van der Waals surface area contributed by atoms with E-state index in [1.807, 2.05) is 0 Å². The predicted octanol–water partition coefficient (Wildman–Crippen LogP) is 2.93. The van der Waals surface area contributed by atoms with E-state index in [1.54, 1.807) is 18.3 Å². The molecular weight excluding hydrogens is 194 g/mol. The van der Waals surface area contributed by atoms with Gasteiger partial charge in [0, 0.05) is 17.7 Å². The molecule has 0 radical (unpaired) electrons. The van der Waals surface area contributed by atoms with Gasteiger partial charge in [-0.3, -0.25) is 0 Å². The molecule has 14 heavy (non-hydrogen) atoms. The van der Waals surface area contributed by atoms with Crippen molar-refractivity contribution in [3.63, 3.8) is 0 Å². The van der Waals surface area contributed by atoms with Crippen molar-refractivity contribution in [2.24, 2.45) is 0 Å². The molecule has 0 atom stereocenters. The van der Waals surface area contributed by atoms with Gasteiger partial charge in [0.15, 0.2) is 0 Å². The third-order valence-electron chi connectivity index (χ3n) is 2.76. The van der Waals surface area contributed by atoms with Crippen molar-refractivity contribution >= 4 is 17.1 Å². The number of Topliss-reactive ketones (excluding diaryl/α,β-unsaturated/α-hetero) is 1. The number of hydrogen-bond donors (Lipinski definition) is 0. The van der Waals surface area contributed by atoms with Crippen LogP contribution in [0, 0.1) is 0 Å². The molecule has 0 amide bonds. The summed E-state index contributed by atoms with van der Waals surface area (Å²) >= 11 is 1.76. The smallest absolute Gasteiger partial charge is 0.130 e. The van der Waals surface area contributed by atoms with Crippen molar-refractivity contribution in [3.8, 4) is 0 Å². The topological polar surface area (TPSA) is 30.0 Å². The normalized spacial score (nSPS) is 16.6. The molecule has 2 rings (SSSR count). The summed E-state index contributed by atoms with van der Waals surface area (Å²) < 4.78 is 0. The molecule has 1 fully saturated rings. The molecule has 1 aliphatic rings. The molecule has 1 heterocycles. The van der Waals surface area contributed by atoms with Crippen molar-refractivity contribution in [1.82, 2.24) is 4.98 Å². The molecule has 0 bridgehead atoms. The van der Waals surface area contributed by atoms with Gasteiger partial charge in [0.05, 0.1) is 10.7 Å². The second kappa shape index (κ2) is 4.22. The van der Waals surface area contributed by atoms with Gasteiger partial charge in [0.1, 0.15) is 5.78 Å². The lowest BCUT2D eigenvalue weighted by Gasteiger charge is -2.22. The Hall–Kier alpha value is -0.700.